The predicted molar refractivity (Wildman–Crippen MR) is 132 cm³/mol. The Hall–Kier alpha value is -4.06. The zero-order valence-corrected chi connectivity index (χ0v) is 19.0. The number of hydrogen-bond acceptors (Lipinski definition) is 5. The van der Waals surface area contributed by atoms with Gasteiger partial charge in [0, 0.05) is 11.8 Å². The molecule has 2 heterocycles. The van der Waals surface area contributed by atoms with Crippen LogP contribution < -0.4 is 4.74 Å². The van der Waals surface area contributed by atoms with Gasteiger partial charge in [-0.25, -0.2) is 4.98 Å². The van der Waals surface area contributed by atoms with Crippen molar-refractivity contribution >= 4 is 10.9 Å². The largest absolute Gasteiger partial charge is 0.487 e. The summed E-state index contributed by atoms with van der Waals surface area (Å²) in [6.07, 6.45) is 3.82. The summed E-state index contributed by atoms with van der Waals surface area (Å²) in [4.78, 5) is 4.69. The van der Waals surface area contributed by atoms with Crippen molar-refractivity contribution in [3.63, 3.8) is 0 Å². The second-order valence-corrected chi connectivity index (χ2v) is 8.55. The van der Waals surface area contributed by atoms with Gasteiger partial charge in [0.2, 0.25) is 0 Å². The lowest BCUT2D eigenvalue weighted by atomic mass is 9.89. The zero-order chi connectivity index (χ0) is 23.0. The van der Waals surface area contributed by atoms with Crippen LogP contribution in [0.1, 0.15) is 29.1 Å². The molecule has 0 fully saturated rings. The van der Waals surface area contributed by atoms with Crippen LogP contribution in [-0.4, -0.2) is 25.6 Å². The van der Waals surface area contributed by atoms with E-state index in [0.29, 0.717) is 12.5 Å². The van der Waals surface area contributed by atoms with Crippen LogP contribution in [0.15, 0.2) is 91.0 Å². The summed E-state index contributed by atoms with van der Waals surface area (Å²) < 4.78 is 6.00. The van der Waals surface area contributed by atoms with Crippen LogP contribution in [-0.2, 0) is 25.9 Å². The number of ether oxygens (including phenoxy) is 1. The van der Waals surface area contributed by atoms with Crippen LogP contribution in [0, 0.1) is 5.92 Å². The molecular formula is C28H27N5O. The van der Waals surface area contributed by atoms with E-state index >= 15 is 0 Å². The van der Waals surface area contributed by atoms with Crippen molar-refractivity contribution in [1.29, 1.82) is 0 Å². The van der Waals surface area contributed by atoms with Crippen LogP contribution in [0.5, 0.6) is 5.75 Å². The van der Waals surface area contributed by atoms with E-state index in [0.717, 1.165) is 53.9 Å². The molecule has 1 N–H and O–H groups in total. The summed E-state index contributed by atoms with van der Waals surface area (Å²) in [5.74, 6) is 2.10. The number of rotatable bonds is 10. The SMILES string of the molecule is c1ccc(CC(CCc2nn[nH]n2)Cc2ccc(OCc3ccc4ccccc4n3)cc2)cc1. The highest BCUT2D eigenvalue weighted by Crippen LogP contribution is 2.22. The smallest absolute Gasteiger partial charge is 0.174 e. The molecule has 0 spiro atoms. The Morgan fingerprint density at radius 3 is 2.32 bits per heavy atom. The van der Waals surface area contributed by atoms with Crippen molar-refractivity contribution in [1.82, 2.24) is 25.6 Å². The van der Waals surface area contributed by atoms with Gasteiger partial charge in [0.1, 0.15) is 12.4 Å². The summed E-state index contributed by atoms with van der Waals surface area (Å²) in [7, 11) is 0. The van der Waals surface area contributed by atoms with E-state index in [9.17, 15) is 0 Å². The summed E-state index contributed by atoms with van der Waals surface area (Å²) in [6, 6.07) is 31.3. The van der Waals surface area contributed by atoms with E-state index in [-0.39, 0.29) is 0 Å². The van der Waals surface area contributed by atoms with Gasteiger partial charge in [0.05, 0.1) is 11.2 Å². The Bertz CT molecular complexity index is 1300. The molecule has 170 valence electrons. The fourth-order valence-corrected chi connectivity index (χ4v) is 4.25. The van der Waals surface area contributed by atoms with Gasteiger partial charge in [-0.05, 0) is 60.6 Å². The minimum absolute atomic E-state index is 0.450. The summed E-state index contributed by atoms with van der Waals surface area (Å²) >= 11 is 0. The number of aromatic amines is 1. The Labute approximate surface area is 199 Å². The van der Waals surface area contributed by atoms with Crippen molar-refractivity contribution in [3.05, 3.63) is 114 Å². The highest BCUT2D eigenvalue weighted by Gasteiger charge is 2.13. The molecular weight excluding hydrogens is 422 g/mol. The second-order valence-electron chi connectivity index (χ2n) is 8.55. The molecule has 0 aliphatic rings. The van der Waals surface area contributed by atoms with E-state index in [2.05, 4.69) is 92.3 Å². The average molecular weight is 450 g/mol. The quantitative estimate of drug-likeness (QED) is 0.311. The van der Waals surface area contributed by atoms with Crippen LogP contribution >= 0.6 is 0 Å². The molecule has 5 rings (SSSR count). The molecule has 2 aromatic heterocycles. The summed E-state index contributed by atoms with van der Waals surface area (Å²) in [5, 5.41) is 15.6. The third-order valence-electron chi connectivity index (χ3n) is 6.02. The first-order valence-corrected chi connectivity index (χ1v) is 11.6. The number of fused-ring (bicyclic) bond motifs is 1. The molecule has 0 radical (unpaired) electrons. The monoisotopic (exact) mass is 449 g/mol. The maximum Gasteiger partial charge on any atom is 0.174 e. The summed E-state index contributed by atoms with van der Waals surface area (Å²) in [6.45, 7) is 0.450. The molecule has 1 unspecified atom stereocenters. The Morgan fingerprint density at radius 1 is 0.765 bits per heavy atom. The van der Waals surface area contributed by atoms with Gasteiger partial charge in [-0.2, -0.15) is 5.21 Å². The van der Waals surface area contributed by atoms with Crippen molar-refractivity contribution in [2.24, 2.45) is 5.92 Å². The predicted octanol–water partition coefficient (Wildman–Crippen LogP) is 5.36. The van der Waals surface area contributed by atoms with Gasteiger partial charge in [0.25, 0.3) is 0 Å². The highest BCUT2D eigenvalue weighted by atomic mass is 16.5. The lowest BCUT2D eigenvalue weighted by Gasteiger charge is -2.17. The first-order valence-electron chi connectivity index (χ1n) is 11.6. The van der Waals surface area contributed by atoms with Crippen LogP contribution in [0.3, 0.4) is 0 Å². The molecule has 34 heavy (non-hydrogen) atoms. The van der Waals surface area contributed by atoms with Crippen LogP contribution in [0.25, 0.3) is 10.9 Å². The molecule has 0 saturated carbocycles. The lowest BCUT2D eigenvalue weighted by Crippen LogP contribution is -2.10. The number of nitrogens with zero attached hydrogens (tertiary/aromatic N) is 4. The molecule has 0 amide bonds. The van der Waals surface area contributed by atoms with Crippen molar-refractivity contribution in [2.45, 2.75) is 32.3 Å². The van der Waals surface area contributed by atoms with Gasteiger partial charge in [-0.15, -0.1) is 10.2 Å². The Kier molecular flexibility index (Phi) is 6.85. The Balaban J connectivity index is 1.21. The van der Waals surface area contributed by atoms with E-state index in [1.54, 1.807) is 0 Å². The van der Waals surface area contributed by atoms with Crippen molar-refractivity contribution < 1.29 is 4.74 Å². The number of aryl methyl sites for hydroxylation is 1. The average Bonchev–Trinajstić information content (AvgIpc) is 3.41. The minimum atomic E-state index is 0.450. The van der Waals surface area contributed by atoms with Crippen LogP contribution in [0.2, 0.25) is 0 Å². The van der Waals surface area contributed by atoms with Crippen molar-refractivity contribution in [2.75, 3.05) is 0 Å². The maximum atomic E-state index is 6.00. The standard InChI is InChI=1S/C28H27N5O/c1-2-6-21(7-3-1)18-23(12-17-28-30-32-33-31-28)19-22-10-15-26(16-11-22)34-20-25-14-13-24-8-4-5-9-27(24)29-25/h1-11,13-16,23H,12,17-20H2,(H,30,31,32,33). The molecule has 3 aromatic carbocycles. The van der Waals surface area contributed by atoms with Gasteiger partial charge in [-0.3, -0.25) is 0 Å². The summed E-state index contributed by atoms with van der Waals surface area (Å²) in [5.41, 5.74) is 4.56. The number of hydrogen-bond donors (Lipinski definition) is 1. The van der Waals surface area contributed by atoms with E-state index < -0.39 is 0 Å². The van der Waals surface area contributed by atoms with E-state index in [4.69, 9.17) is 4.74 Å². The maximum absolute atomic E-state index is 6.00. The Morgan fingerprint density at radius 2 is 1.53 bits per heavy atom. The number of aromatic nitrogens is 5. The fourth-order valence-electron chi connectivity index (χ4n) is 4.25. The number of para-hydroxylation sites is 1. The number of benzene rings is 3. The van der Waals surface area contributed by atoms with E-state index in [1.165, 1.54) is 11.1 Å². The number of tetrazole rings is 1. The van der Waals surface area contributed by atoms with Gasteiger partial charge in [0.15, 0.2) is 5.82 Å². The van der Waals surface area contributed by atoms with Crippen LogP contribution in [0.4, 0.5) is 0 Å². The van der Waals surface area contributed by atoms with Gasteiger partial charge in [-0.1, -0.05) is 71.9 Å². The topological polar surface area (TPSA) is 76.6 Å². The third kappa shape index (κ3) is 5.84. The number of H-pyrrole nitrogens is 1. The molecule has 1 atom stereocenters. The van der Waals surface area contributed by atoms with E-state index in [1.807, 2.05) is 24.3 Å². The van der Waals surface area contributed by atoms with Gasteiger partial charge < -0.3 is 4.74 Å². The number of nitrogens with one attached hydrogen (secondary N) is 1. The molecule has 6 heteroatoms. The molecule has 0 saturated heterocycles. The fraction of sp³-hybridized carbons (Fsp3) is 0.214. The first-order chi connectivity index (χ1) is 16.8. The molecule has 0 aliphatic heterocycles. The van der Waals surface area contributed by atoms with Gasteiger partial charge >= 0.3 is 0 Å². The zero-order valence-electron chi connectivity index (χ0n) is 19.0. The van der Waals surface area contributed by atoms with Crippen molar-refractivity contribution in [3.8, 4) is 5.75 Å². The molecule has 0 bridgehead atoms. The molecule has 5 aromatic rings. The lowest BCUT2D eigenvalue weighted by molar-refractivity contribution is 0.301. The highest BCUT2D eigenvalue weighted by molar-refractivity contribution is 5.78. The molecule has 6 nitrogen and oxygen atoms in total. The number of pyridine rings is 1. The normalized spacial score (nSPS) is 12.0. The third-order valence-corrected chi connectivity index (χ3v) is 6.02. The second kappa shape index (κ2) is 10.7. The first kappa shape index (κ1) is 21.8. The minimum Gasteiger partial charge on any atom is -0.487 e. The molecule has 0 aliphatic carbocycles.